The molecule has 0 N–H and O–H groups in total. The van der Waals surface area contributed by atoms with Crippen molar-refractivity contribution in [2.45, 2.75) is 20.8 Å². The third-order valence-electron chi connectivity index (χ3n) is 3.28. The molecular formula is C16H14F2O. The molecule has 0 aromatic heterocycles. The molecule has 0 aliphatic carbocycles. The van der Waals surface area contributed by atoms with Crippen LogP contribution in [0.2, 0.25) is 0 Å². The van der Waals surface area contributed by atoms with Gasteiger partial charge in [0.1, 0.15) is 0 Å². The first-order chi connectivity index (χ1) is 8.91. The summed E-state index contributed by atoms with van der Waals surface area (Å²) in [5.41, 5.74) is 2.95. The predicted molar refractivity (Wildman–Crippen MR) is 70.4 cm³/mol. The minimum absolute atomic E-state index is 0.230. The second-order valence-electron chi connectivity index (χ2n) is 4.68. The Morgan fingerprint density at radius 1 is 0.895 bits per heavy atom. The number of carbonyl (C=O) groups excluding carboxylic acids is 1. The highest BCUT2D eigenvalue weighted by Crippen LogP contribution is 2.21. The van der Waals surface area contributed by atoms with Gasteiger partial charge >= 0.3 is 0 Å². The van der Waals surface area contributed by atoms with Gasteiger partial charge in [-0.2, -0.15) is 0 Å². The van der Waals surface area contributed by atoms with Crippen LogP contribution in [0, 0.1) is 32.4 Å². The van der Waals surface area contributed by atoms with Gasteiger partial charge in [-0.15, -0.1) is 0 Å². The zero-order chi connectivity index (χ0) is 14.2. The van der Waals surface area contributed by atoms with E-state index in [0.29, 0.717) is 5.56 Å². The molecule has 1 nitrogen and oxygen atoms in total. The Morgan fingerprint density at radius 2 is 1.53 bits per heavy atom. The number of ketones is 1. The van der Waals surface area contributed by atoms with Gasteiger partial charge in [-0.05, 0) is 55.7 Å². The standard InChI is InChI=1S/C16H14F2O/c1-9-7-11(3)13(8-10(9)2)16(19)12-5-4-6-14(17)15(12)18/h4-8H,1-3H3. The van der Waals surface area contributed by atoms with Gasteiger partial charge in [-0.1, -0.05) is 12.1 Å². The minimum atomic E-state index is -1.09. The van der Waals surface area contributed by atoms with Crippen LogP contribution in [0.1, 0.15) is 32.6 Å². The lowest BCUT2D eigenvalue weighted by atomic mass is 9.94. The normalized spacial score (nSPS) is 10.6. The fourth-order valence-corrected chi connectivity index (χ4v) is 2.03. The molecule has 0 aliphatic rings. The van der Waals surface area contributed by atoms with E-state index in [1.165, 1.54) is 12.1 Å². The van der Waals surface area contributed by atoms with E-state index in [9.17, 15) is 13.6 Å². The highest BCUT2D eigenvalue weighted by molar-refractivity contribution is 6.10. The number of hydrogen-bond donors (Lipinski definition) is 0. The lowest BCUT2D eigenvalue weighted by Gasteiger charge is -2.09. The number of halogens is 2. The van der Waals surface area contributed by atoms with Crippen molar-refractivity contribution >= 4 is 5.78 Å². The molecule has 0 saturated carbocycles. The van der Waals surface area contributed by atoms with Crippen LogP contribution in [0.15, 0.2) is 30.3 Å². The first kappa shape index (κ1) is 13.4. The zero-order valence-corrected chi connectivity index (χ0v) is 11.1. The Morgan fingerprint density at radius 3 is 2.21 bits per heavy atom. The summed E-state index contributed by atoms with van der Waals surface area (Å²) in [7, 11) is 0. The fourth-order valence-electron chi connectivity index (χ4n) is 2.03. The summed E-state index contributed by atoms with van der Waals surface area (Å²) in [4.78, 5) is 12.3. The van der Waals surface area contributed by atoms with Crippen molar-refractivity contribution in [3.8, 4) is 0 Å². The van der Waals surface area contributed by atoms with E-state index in [1.54, 1.807) is 13.0 Å². The van der Waals surface area contributed by atoms with E-state index < -0.39 is 17.4 Å². The quantitative estimate of drug-likeness (QED) is 0.742. The SMILES string of the molecule is Cc1cc(C)c(C(=O)c2cccc(F)c2F)cc1C. The smallest absolute Gasteiger partial charge is 0.196 e. The average molecular weight is 260 g/mol. The van der Waals surface area contributed by atoms with Crippen LogP contribution < -0.4 is 0 Å². The summed E-state index contributed by atoms with van der Waals surface area (Å²) in [6.07, 6.45) is 0. The summed E-state index contributed by atoms with van der Waals surface area (Å²) in [6.45, 7) is 5.61. The van der Waals surface area contributed by atoms with Crippen LogP contribution in [0.5, 0.6) is 0 Å². The van der Waals surface area contributed by atoms with Gasteiger partial charge < -0.3 is 0 Å². The molecule has 3 heteroatoms. The molecule has 0 saturated heterocycles. The van der Waals surface area contributed by atoms with Crippen molar-refractivity contribution in [2.75, 3.05) is 0 Å². The van der Waals surface area contributed by atoms with Crippen molar-refractivity contribution in [1.82, 2.24) is 0 Å². The molecular weight excluding hydrogens is 246 g/mol. The Balaban J connectivity index is 2.56. The molecule has 98 valence electrons. The number of rotatable bonds is 2. The first-order valence-electron chi connectivity index (χ1n) is 5.98. The van der Waals surface area contributed by atoms with Crippen molar-refractivity contribution in [3.63, 3.8) is 0 Å². The largest absolute Gasteiger partial charge is 0.288 e. The van der Waals surface area contributed by atoms with E-state index in [2.05, 4.69) is 0 Å². The monoisotopic (exact) mass is 260 g/mol. The molecule has 2 aromatic rings. The highest BCUT2D eigenvalue weighted by Gasteiger charge is 2.18. The first-order valence-corrected chi connectivity index (χ1v) is 5.98. The van der Waals surface area contributed by atoms with Crippen LogP contribution in [-0.4, -0.2) is 5.78 Å². The lowest BCUT2D eigenvalue weighted by molar-refractivity contribution is 0.103. The van der Waals surface area contributed by atoms with Crippen molar-refractivity contribution in [1.29, 1.82) is 0 Å². The molecule has 19 heavy (non-hydrogen) atoms. The summed E-state index contributed by atoms with van der Waals surface area (Å²) in [5, 5.41) is 0. The maximum absolute atomic E-state index is 13.7. The molecule has 0 atom stereocenters. The average Bonchev–Trinajstić information content (AvgIpc) is 2.36. The number of aryl methyl sites for hydroxylation is 3. The topological polar surface area (TPSA) is 17.1 Å². The van der Waals surface area contributed by atoms with Gasteiger partial charge in [0, 0.05) is 5.56 Å². The molecule has 0 heterocycles. The molecule has 2 rings (SSSR count). The molecule has 0 unspecified atom stereocenters. The van der Waals surface area contributed by atoms with E-state index >= 15 is 0 Å². The summed E-state index contributed by atoms with van der Waals surface area (Å²) in [6, 6.07) is 7.23. The van der Waals surface area contributed by atoms with E-state index in [1.807, 2.05) is 19.9 Å². The zero-order valence-electron chi connectivity index (χ0n) is 11.1. The van der Waals surface area contributed by atoms with E-state index in [0.717, 1.165) is 22.8 Å². The Labute approximate surface area is 110 Å². The molecule has 0 spiro atoms. The highest BCUT2D eigenvalue weighted by atomic mass is 19.2. The molecule has 0 amide bonds. The molecule has 2 aromatic carbocycles. The van der Waals surface area contributed by atoms with Crippen molar-refractivity contribution < 1.29 is 13.6 Å². The third kappa shape index (κ3) is 2.41. The van der Waals surface area contributed by atoms with Gasteiger partial charge in [0.25, 0.3) is 0 Å². The summed E-state index contributed by atoms with van der Waals surface area (Å²) >= 11 is 0. The molecule has 0 aliphatic heterocycles. The second kappa shape index (κ2) is 4.92. The molecule has 0 radical (unpaired) electrons. The predicted octanol–water partition coefficient (Wildman–Crippen LogP) is 4.12. The van der Waals surface area contributed by atoms with E-state index in [4.69, 9.17) is 0 Å². The molecule has 0 bridgehead atoms. The van der Waals surface area contributed by atoms with Crippen LogP contribution in [-0.2, 0) is 0 Å². The van der Waals surface area contributed by atoms with Crippen LogP contribution in [0.25, 0.3) is 0 Å². The minimum Gasteiger partial charge on any atom is -0.288 e. The van der Waals surface area contributed by atoms with Gasteiger partial charge in [0.2, 0.25) is 0 Å². The van der Waals surface area contributed by atoms with Crippen molar-refractivity contribution in [2.24, 2.45) is 0 Å². The van der Waals surface area contributed by atoms with Crippen LogP contribution >= 0.6 is 0 Å². The Hall–Kier alpha value is -2.03. The third-order valence-corrected chi connectivity index (χ3v) is 3.28. The Kier molecular flexibility index (Phi) is 3.47. The maximum Gasteiger partial charge on any atom is 0.196 e. The van der Waals surface area contributed by atoms with Crippen LogP contribution in [0.3, 0.4) is 0 Å². The fraction of sp³-hybridized carbons (Fsp3) is 0.188. The number of hydrogen-bond acceptors (Lipinski definition) is 1. The summed E-state index contributed by atoms with van der Waals surface area (Å²) < 4.78 is 26.8. The van der Waals surface area contributed by atoms with Gasteiger partial charge in [-0.25, -0.2) is 8.78 Å². The number of benzene rings is 2. The number of carbonyl (C=O) groups is 1. The van der Waals surface area contributed by atoms with Gasteiger partial charge in [-0.3, -0.25) is 4.79 Å². The van der Waals surface area contributed by atoms with E-state index in [-0.39, 0.29) is 5.56 Å². The summed E-state index contributed by atoms with van der Waals surface area (Å²) in [5.74, 6) is -2.59. The second-order valence-corrected chi connectivity index (χ2v) is 4.68. The van der Waals surface area contributed by atoms with Gasteiger partial charge in [0.15, 0.2) is 17.4 Å². The lowest BCUT2D eigenvalue weighted by Crippen LogP contribution is -2.08. The molecule has 0 fully saturated rings. The van der Waals surface area contributed by atoms with Crippen molar-refractivity contribution in [3.05, 3.63) is 69.8 Å². The Bertz CT molecular complexity index is 660. The van der Waals surface area contributed by atoms with Gasteiger partial charge in [0.05, 0.1) is 5.56 Å². The van der Waals surface area contributed by atoms with Crippen LogP contribution in [0.4, 0.5) is 8.78 Å². The maximum atomic E-state index is 13.7.